The zero-order chi connectivity index (χ0) is 12.8. The third-order valence-electron chi connectivity index (χ3n) is 4.01. The summed E-state index contributed by atoms with van der Waals surface area (Å²) in [5.41, 5.74) is 6.77. The predicted octanol–water partition coefficient (Wildman–Crippen LogP) is 3.03. The summed E-state index contributed by atoms with van der Waals surface area (Å²) in [6.07, 6.45) is 3.88. The van der Waals surface area contributed by atoms with Gasteiger partial charge < -0.3 is 10.5 Å². The van der Waals surface area contributed by atoms with Gasteiger partial charge in [-0.2, -0.15) is 0 Å². The van der Waals surface area contributed by atoms with E-state index in [0.717, 1.165) is 10.9 Å². The molecule has 1 aliphatic heterocycles. The second-order valence-corrected chi connectivity index (χ2v) is 6.44. The van der Waals surface area contributed by atoms with Crippen molar-refractivity contribution in [3.05, 3.63) is 34.1 Å². The summed E-state index contributed by atoms with van der Waals surface area (Å²) in [6.45, 7) is 0.702. The molecule has 0 amide bonds. The van der Waals surface area contributed by atoms with Gasteiger partial charge in [-0.15, -0.1) is 0 Å². The van der Waals surface area contributed by atoms with E-state index < -0.39 is 5.54 Å². The normalized spacial score (nSPS) is 31.8. The highest BCUT2D eigenvalue weighted by Gasteiger charge is 2.48. The molecule has 1 aliphatic carbocycles. The molecule has 1 saturated heterocycles. The number of hydrogen-bond acceptors (Lipinski definition) is 2. The van der Waals surface area contributed by atoms with Crippen LogP contribution in [0.15, 0.2) is 22.7 Å². The van der Waals surface area contributed by atoms with Crippen molar-refractivity contribution in [1.29, 1.82) is 0 Å². The molecule has 0 spiro atoms. The maximum atomic E-state index is 13.8. The third-order valence-corrected chi connectivity index (χ3v) is 4.50. The lowest BCUT2D eigenvalue weighted by atomic mass is 9.83. The van der Waals surface area contributed by atoms with E-state index in [0.29, 0.717) is 24.5 Å². The number of halogens is 2. The Morgan fingerprint density at radius 1 is 1.44 bits per heavy atom. The third kappa shape index (κ3) is 2.33. The molecular weight excluding hydrogens is 297 g/mol. The van der Waals surface area contributed by atoms with Crippen LogP contribution in [0.2, 0.25) is 0 Å². The molecule has 1 aromatic carbocycles. The first-order valence-corrected chi connectivity index (χ1v) is 7.22. The molecule has 2 fully saturated rings. The van der Waals surface area contributed by atoms with Crippen molar-refractivity contribution in [3.63, 3.8) is 0 Å². The Hall–Kier alpha value is -0.450. The Balaban J connectivity index is 1.83. The van der Waals surface area contributed by atoms with Gasteiger partial charge in [0.25, 0.3) is 0 Å². The highest BCUT2D eigenvalue weighted by Crippen LogP contribution is 2.43. The number of hydrogen-bond donors (Lipinski definition) is 1. The molecule has 2 atom stereocenters. The van der Waals surface area contributed by atoms with Crippen molar-refractivity contribution in [2.24, 2.45) is 11.7 Å². The summed E-state index contributed by atoms with van der Waals surface area (Å²) in [4.78, 5) is 0. The van der Waals surface area contributed by atoms with Crippen LogP contribution in [0.5, 0.6) is 0 Å². The van der Waals surface area contributed by atoms with E-state index in [1.54, 1.807) is 6.07 Å². The van der Waals surface area contributed by atoms with Gasteiger partial charge in [-0.05, 0) is 55.4 Å². The Kier molecular flexibility index (Phi) is 3.20. The van der Waals surface area contributed by atoms with E-state index in [2.05, 4.69) is 15.9 Å². The second kappa shape index (κ2) is 4.58. The van der Waals surface area contributed by atoms with Crippen LogP contribution in [0.3, 0.4) is 0 Å². The lowest BCUT2D eigenvalue weighted by molar-refractivity contribution is 0.0624. The zero-order valence-corrected chi connectivity index (χ0v) is 11.7. The molecule has 1 aromatic rings. The summed E-state index contributed by atoms with van der Waals surface area (Å²) < 4.78 is 20.5. The van der Waals surface area contributed by atoms with Crippen LogP contribution in [0.4, 0.5) is 4.39 Å². The van der Waals surface area contributed by atoms with E-state index in [1.165, 1.54) is 18.9 Å². The summed E-state index contributed by atoms with van der Waals surface area (Å²) in [7, 11) is 0. The van der Waals surface area contributed by atoms with Gasteiger partial charge in [0, 0.05) is 16.6 Å². The fourth-order valence-corrected chi connectivity index (χ4v) is 3.32. The highest BCUT2D eigenvalue weighted by atomic mass is 79.9. The van der Waals surface area contributed by atoms with Crippen LogP contribution in [0.1, 0.15) is 24.8 Å². The van der Waals surface area contributed by atoms with E-state index >= 15 is 0 Å². The van der Waals surface area contributed by atoms with Crippen LogP contribution in [-0.2, 0) is 11.2 Å². The fraction of sp³-hybridized carbons (Fsp3) is 0.571. The molecule has 2 N–H and O–H groups in total. The number of nitrogens with two attached hydrogens (primary N) is 1. The minimum Gasteiger partial charge on any atom is -0.376 e. The molecule has 1 heterocycles. The largest absolute Gasteiger partial charge is 0.376 e. The average molecular weight is 314 g/mol. The van der Waals surface area contributed by atoms with Crippen LogP contribution in [-0.4, -0.2) is 18.2 Å². The molecule has 3 rings (SSSR count). The maximum Gasteiger partial charge on any atom is 0.126 e. The van der Waals surface area contributed by atoms with Crippen molar-refractivity contribution in [1.82, 2.24) is 0 Å². The van der Waals surface area contributed by atoms with Crippen LogP contribution >= 0.6 is 15.9 Å². The molecule has 2 nitrogen and oxygen atoms in total. The number of rotatable bonds is 3. The van der Waals surface area contributed by atoms with Gasteiger partial charge in [-0.3, -0.25) is 0 Å². The summed E-state index contributed by atoms with van der Waals surface area (Å²) in [5.74, 6) is 0.414. The van der Waals surface area contributed by atoms with Gasteiger partial charge in [-0.25, -0.2) is 4.39 Å². The van der Waals surface area contributed by atoms with Crippen LogP contribution in [0.25, 0.3) is 0 Å². The molecule has 1 saturated carbocycles. The van der Waals surface area contributed by atoms with E-state index in [1.807, 2.05) is 6.07 Å². The Bertz CT molecular complexity index is 463. The first kappa shape index (κ1) is 12.6. The summed E-state index contributed by atoms with van der Waals surface area (Å²) in [6, 6.07) is 5.03. The zero-order valence-electron chi connectivity index (χ0n) is 10.2. The molecule has 18 heavy (non-hydrogen) atoms. The van der Waals surface area contributed by atoms with E-state index in [4.69, 9.17) is 10.5 Å². The van der Waals surface area contributed by atoms with E-state index in [-0.39, 0.29) is 11.9 Å². The molecule has 0 radical (unpaired) electrons. The van der Waals surface area contributed by atoms with Crippen molar-refractivity contribution in [2.75, 3.05) is 6.61 Å². The highest BCUT2D eigenvalue weighted by molar-refractivity contribution is 9.10. The van der Waals surface area contributed by atoms with Gasteiger partial charge in [0.2, 0.25) is 0 Å². The molecule has 2 unspecified atom stereocenters. The van der Waals surface area contributed by atoms with Crippen LogP contribution < -0.4 is 5.73 Å². The van der Waals surface area contributed by atoms with Crippen molar-refractivity contribution in [2.45, 2.75) is 37.3 Å². The lowest BCUT2D eigenvalue weighted by Crippen LogP contribution is -2.50. The lowest BCUT2D eigenvalue weighted by Gasteiger charge is -2.30. The minimum absolute atomic E-state index is 0.107. The monoisotopic (exact) mass is 313 g/mol. The number of ether oxygens (including phenoxy) is 1. The predicted molar refractivity (Wildman–Crippen MR) is 71.8 cm³/mol. The van der Waals surface area contributed by atoms with Gasteiger partial charge in [-0.1, -0.05) is 15.9 Å². The van der Waals surface area contributed by atoms with Crippen LogP contribution in [0, 0.1) is 11.7 Å². The van der Waals surface area contributed by atoms with Gasteiger partial charge in [0.05, 0.1) is 6.10 Å². The van der Waals surface area contributed by atoms with Crippen molar-refractivity contribution >= 4 is 15.9 Å². The van der Waals surface area contributed by atoms with Gasteiger partial charge in [0.15, 0.2) is 0 Å². The molecule has 4 heteroatoms. The molecular formula is C14H17BrFNO. The Morgan fingerprint density at radius 3 is 2.94 bits per heavy atom. The summed E-state index contributed by atoms with van der Waals surface area (Å²) >= 11 is 3.38. The topological polar surface area (TPSA) is 35.2 Å². The second-order valence-electron chi connectivity index (χ2n) is 5.52. The SMILES string of the molecule is NC1(Cc2cc(Br)ccc2F)CCOC1C1CC1. The average Bonchev–Trinajstić information content (AvgIpc) is 3.08. The molecule has 0 aromatic heterocycles. The quantitative estimate of drug-likeness (QED) is 0.931. The minimum atomic E-state index is -0.400. The Morgan fingerprint density at radius 2 is 2.22 bits per heavy atom. The Labute approximate surface area is 115 Å². The smallest absolute Gasteiger partial charge is 0.126 e. The number of benzene rings is 1. The van der Waals surface area contributed by atoms with Crippen molar-refractivity contribution in [3.8, 4) is 0 Å². The standard InChI is InChI=1S/C14H17BrFNO/c15-11-3-4-12(16)10(7-11)8-14(17)5-6-18-13(14)9-1-2-9/h3-4,7,9,13H,1-2,5-6,8,17H2. The maximum absolute atomic E-state index is 13.8. The van der Waals surface area contributed by atoms with Crippen molar-refractivity contribution < 1.29 is 9.13 Å². The fourth-order valence-electron chi connectivity index (χ4n) is 2.91. The molecule has 0 bridgehead atoms. The first-order chi connectivity index (χ1) is 8.58. The summed E-state index contributed by atoms with van der Waals surface area (Å²) in [5, 5.41) is 0. The molecule has 2 aliphatic rings. The van der Waals surface area contributed by atoms with E-state index in [9.17, 15) is 4.39 Å². The van der Waals surface area contributed by atoms with Gasteiger partial charge >= 0.3 is 0 Å². The molecule has 98 valence electrons. The first-order valence-electron chi connectivity index (χ1n) is 6.43. The van der Waals surface area contributed by atoms with Gasteiger partial charge in [0.1, 0.15) is 5.82 Å².